The van der Waals surface area contributed by atoms with Crippen molar-refractivity contribution in [2.24, 2.45) is 0 Å². The summed E-state index contributed by atoms with van der Waals surface area (Å²) < 4.78 is 0. The van der Waals surface area contributed by atoms with Crippen LogP contribution in [0, 0.1) is 0 Å². The molecule has 0 aliphatic carbocycles. The maximum atomic E-state index is 11.1. The standard InChI is InChI=1S/C12H17N3O.C2H7N/c1-9(16)14-11-8-10(13)4-5-12(11)15-6-2-3-7-15;1-3-2/h4-5,8H,2-3,6-7,13H2,1H3,(H,14,16);3H,1-2H3. The second kappa shape index (κ2) is 7.63. The minimum absolute atomic E-state index is 0.0638. The van der Waals surface area contributed by atoms with Crippen molar-refractivity contribution in [2.75, 3.05) is 43.1 Å². The number of amides is 1. The minimum atomic E-state index is -0.0638. The molecule has 5 nitrogen and oxygen atoms in total. The van der Waals surface area contributed by atoms with E-state index in [1.165, 1.54) is 19.8 Å². The molecule has 0 atom stereocenters. The van der Waals surface area contributed by atoms with Gasteiger partial charge in [0.2, 0.25) is 5.91 Å². The van der Waals surface area contributed by atoms with Crippen molar-refractivity contribution in [3.63, 3.8) is 0 Å². The zero-order chi connectivity index (χ0) is 14.3. The van der Waals surface area contributed by atoms with Gasteiger partial charge in [-0.3, -0.25) is 4.79 Å². The summed E-state index contributed by atoms with van der Waals surface area (Å²) in [5.74, 6) is -0.0638. The largest absolute Gasteiger partial charge is 0.399 e. The monoisotopic (exact) mass is 264 g/mol. The Balaban J connectivity index is 0.000000550. The normalized spacial score (nSPS) is 13.7. The van der Waals surface area contributed by atoms with Gasteiger partial charge >= 0.3 is 0 Å². The summed E-state index contributed by atoms with van der Waals surface area (Å²) in [6, 6.07) is 5.67. The van der Waals surface area contributed by atoms with E-state index in [4.69, 9.17) is 5.73 Å². The molecule has 1 saturated heterocycles. The average Bonchev–Trinajstić information content (AvgIpc) is 2.82. The van der Waals surface area contributed by atoms with Crippen LogP contribution in [0.5, 0.6) is 0 Å². The SMILES string of the molecule is CC(=O)Nc1cc(N)ccc1N1CCCC1.CNC. The van der Waals surface area contributed by atoms with E-state index in [-0.39, 0.29) is 5.91 Å². The van der Waals surface area contributed by atoms with Crippen LogP contribution < -0.4 is 21.3 Å². The Morgan fingerprint density at radius 3 is 2.37 bits per heavy atom. The molecule has 1 fully saturated rings. The lowest BCUT2D eigenvalue weighted by Crippen LogP contribution is -2.20. The second-order valence-electron chi connectivity index (χ2n) is 4.65. The molecule has 1 aromatic rings. The molecule has 0 radical (unpaired) electrons. The Labute approximate surface area is 115 Å². The van der Waals surface area contributed by atoms with Crippen LogP contribution in [0.25, 0.3) is 0 Å². The first-order chi connectivity index (χ1) is 9.08. The van der Waals surface area contributed by atoms with Crippen molar-refractivity contribution in [1.82, 2.24) is 5.32 Å². The number of nitrogens with two attached hydrogens (primary N) is 1. The van der Waals surface area contributed by atoms with Gasteiger partial charge in [0, 0.05) is 25.7 Å². The van der Waals surface area contributed by atoms with E-state index >= 15 is 0 Å². The zero-order valence-corrected chi connectivity index (χ0v) is 12.0. The molecule has 1 aromatic carbocycles. The average molecular weight is 264 g/mol. The van der Waals surface area contributed by atoms with Gasteiger partial charge in [-0.25, -0.2) is 0 Å². The third-order valence-corrected chi connectivity index (χ3v) is 2.78. The maximum absolute atomic E-state index is 11.1. The molecular weight excluding hydrogens is 240 g/mol. The van der Waals surface area contributed by atoms with E-state index in [0.717, 1.165) is 24.5 Å². The Kier molecular flexibility index (Phi) is 6.15. The number of anilines is 3. The molecule has 1 heterocycles. The number of nitrogens with zero attached hydrogens (tertiary/aromatic N) is 1. The first-order valence-electron chi connectivity index (χ1n) is 6.59. The fourth-order valence-electron chi connectivity index (χ4n) is 2.08. The van der Waals surface area contributed by atoms with Crippen LogP contribution in [0.2, 0.25) is 0 Å². The van der Waals surface area contributed by atoms with Gasteiger partial charge in [0.05, 0.1) is 11.4 Å². The van der Waals surface area contributed by atoms with E-state index in [0.29, 0.717) is 5.69 Å². The quantitative estimate of drug-likeness (QED) is 0.711. The Morgan fingerprint density at radius 1 is 1.26 bits per heavy atom. The van der Waals surface area contributed by atoms with E-state index in [2.05, 4.69) is 15.5 Å². The number of nitrogen functional groups attached to an aromatic ring is 1. The smallest absolute Gasteiger partial charge is 0.221 e. The lowest BCUT2D eigenvalue weighted by Gasteiger charge is -2.21. The molecule has 0 unspecified atom stereocenters. The van der Waals surface area contributed by atoms with Gasteiger partial charge in [-0.05, 0) is 45.1 Å². The molecule has 2 rings (SSSR count). The summed E-state index contributed by atoms with van der Waals surface area (Å²) in [5, 5.41) is 5.58. The third-order valence-electron chi connectivity index (χ3n) is 2.78. The minimum Gasteiger partial charge on any atom is -0.399 e. The van der Waals surface area contributed by atoms with Crippen LogP contribution in [0.15, 0.2) is 18.2 Å². The van der Waals surface area contributed by atoms with Gasteiger partial charge in [-0.2, -0.15) is 0 Å². The highest BCUT2D eigenvalue weighted by Crippen LogP contribution is 2.30. The molecule has 5 heteroatoms. The second-order valence-corrected chi connectivity index (χ2v) is 4.65. The fourth-order valence-corrected chi connectivity index (χ4v) is 2.08. The Morgan fingerprint density at radius 2 is 1.84 bits per heavy atom. The Bertz CT molecular complexity index is 414. The number of benzene rings is 1. The molecule has 4 N–H and O–H groups in total. The third kappa shape index (κ3) is 4.79. The van der Waals surface area contributed by atoms with E-state index in [1.807, 2.05) is 32.3 Å². The van der Waals surface area contributed by atoms with Crippen LogP contribution >= 0.6 is 0 Å². The van der Waals surface area contributed by atoms with Gasteiger partial charge in [-0.15, -0.1) is 0 Å². The van der Waals surface area contributed by atoms with Crippen molar-refractivity contribution >= 4 is 23.0 Å². The zero-order valence-electron chi connectivity index (χ0n) is 12.0. The van der Waals surface area contributed by atoms with Crippen molar-refractivity contribution in [2.45, 2.75) is 19.8 Å². The highest BCUT2D eigenvalue weighted by atomic mass is 16.1. The molecule has 1 aliphatic rings. The summed E-state index contributed by atoms with van der Waals surface area (Å²) in [5.41, 5.74) is 8.29. The van der Waals surface area contributed by atoms with Gasteiger partial charge in [0.15, 0.2) is 0 Å². The van der Waals surface area contributed by atoms with E-state index < -0.39 is 0 Å². The topological polar surface area (TPSA) is 70.4 Å². The van der Waals surface area contributed by atoms with Crippen molar-refractivity contribution in [1.29, 1.82) is 0 Å². The summed E-state index contributed by atoms with van der Waals surface area (Å²) in [6.45, 7) is 3.62. The van der Waals surface area contributed by atoms with Crippen molar-refractivity contribution in [3.05, 3.63) is 18.2 Å². The van der Waals surface area contributed by atoms with Gasteiger partial charge in [0.1, 0.15) is 0 Å². The first-order valence-corrected chi connectivity index (χ1v) is 6.59. The van der Waals surface area contributed by atoms with Gasteiger partial charge in [-0.1, -0.05) is 0 Å². The molecule has 0 spiro atoms. The van der Waals surface area contributed by atoms with Gasteiger partial charge < -0.3 is 21.3 Å². The highest BCUT2D eigenvalue weighted by Gasteiger charge is 2.16. The molecule has 0 aromatic heterocycles. The molecule has 1 aliphatic heterocycles. The summed E-state index contributed by atoms with van der Waals surface area (Å²) in [6.07, 6.45) is 2.42. The number of rotatable bonds is 2. The van der Waals surface area contributed by atoms with Gasteiger partial charge in [0.25, 0.3) is 0 Å². The molecular formula is C14H24N4O. The predicted octanol–water partition coefficient (Wildman–Crippen LogP) is 1.66. The molecule has 1 amide bonds. The van der Waals surface area contributed by atoms with Crippen LogP contribution in [-0.2, 0) is 4.79 Å². The summed E-state index contributed by atoms with van der Waals surface area (Å²) >= 11 is 0. The lowest BCUT2D eigenvalue weighted by atomic mass is 10.2. The first kappa shape index (κ1) is 15.3. The molecule has 106 valence electrons. The lowest BCUT2D eigenvalue weighted by molar-refractivity contribution is -0.114. The van der Waals surface area contributed by atoms with Crippen LogP contribution in [0.4, 0.5) is 17.1 Å². The highest BCUT2D eigenvalue weighted by molar-refractivity contribution is 5.93. The number of hydrogen-bond donors (Lipinski definition) is 3. The summed E-state index contributed by atoms with van der Waals surface area (Å²) in [7, 11) is 3.75. The van der Waals surface area contributed by atoms with Crippen LogP contribution in [0.1, 0.15) is 19.8 Å². The molecule has 0 bridgehead atoms. The van der Waals surface area contributed by atoms with E-state index in [9.17, 15) is 4.79 Å². The summed E-state index contributed by atoms with van der Waals surface area (Å²) in [4.78, 5) is 13.4. The number of carbonyl (C=O) groups excluding carboxylic acids is 1. The Hall–Kier alpha value is -1.75. The maximum Gasteiger partial charge on any atom is 0.221 e. The van der Waals surface area contributed by atoms with Crippen LogP contribution in [-0.4, -0.2) is 33.1 Å². The van der Waals surface area contributed by atoms with Crippen molar-refractivity contribution < 1.29 is 4.79 Å². The molecule has 0 saturated carbocycles. The van der Waals surface area contributed by atoms with E-state index in [1.54, 1.807) is 0 Å². The number of carbonyl (C=O) groups is 1. The molecule has 19 heavy (non-hydrogen) atoms. The predicted molar refractivity (Wildman–Crippen MR) is 81.6 cm³/mol. The fraction of sp³-hybridized carbons (Fsp3) is 0.500. The van der Waals surface area contributed by atoms with Crippen LogP contribution in [0.3, 0.4) is 0 Å². The number of hydrogen-bond acceptors (Lipinski definition) is 4. The number of nitrogens with one attached hydrogen (secondary N) is 2. The van der Waals surface area contributed by atoms with Crippen molar-refractivity contribution in [3.8, 4) is 0 Å².